The van der Waals surface area contributed by atoms with E-state index in [1.807, 2.05) is 31.2 Å². The van der Waals surface area contributed by atoms with Gasteiger partial charge in [-0.3, -0.25) is 4.90 Å². The molecule has 1 fully saturated rings. The number of ether oxygens (including phenoxy) is 2. The summed E-state index contributed by atoms with van der Waals surface area (Å²) in [5, 5.41) is 14.8. The zero-order valence-corrected chi connectivity index (χ0v) is 13.9. The van der Waals surface area contributed by atoms with E-state index in [4.69, 9.17) is 29.3 Å². The number of likely N-dealkylation sites (tertiary alicyclic amines) is 1. The number of rotatable bonds is 6. The van der Waals surface area contributed by atoms with Crippen LogP contribution in [0.5, 0.6) is 11.5 Å². The van der Waals surface area contributed by atoms with Crippen molar-refractivity contribution >= 4 is 11.9 Å². The lowest BCUT2D eigenvalue weighted by Crippen LogP contribution is -2.33. The number of hydrogen-bond acceptors (Lipinski definition) is 5. The monoisotopic (exact) mass is 339 g/mol. The van der Waals surface area contributed by atoms with Crippen molar-refractivity contribution in [3.05, 3.63) is 24.3 Å². The summed E-state index contributed by atoms with van der Waals surface area (Å²) in [4.78, 5) is 20.7. The van der Waals surface area contributed by atoms with Crippen molar-refractivity contribution in [2.24, 2.45) is 0 Å². The first-order chi connectivity index (χ1) is 11.5. The fourth-order valence-corrected chi connectivity index (χ4v) is 2.31. The SMILES string of the molecule is CCOc1ccccc1OCCN1CCCCC1.O=C(O)C(=O)O. The minimum absolute atomic E-state index is 0.673. The van der Waals surface area contributed by atoms with Gasteiger partial charge in [-0.25, -0.2) is 9.59 Å². The Bertz CT molecular complexity index is 502. The van der Waals surface area contributed by atoms with Crippen LogP contribution in [0, 0.1) is 0 Å². The second-order valence-corrected chi connectivity index (χ2v) is 5.24. The van der Waals surface area contributed by atoms with Gasteiger partial charge in [0.05, 0.1) is 6.61 Å². The Kier molecular flexibility index (Phi) is 9.29. The van der Waals surface area contributed by atoms with Gasteiger partial charge in [-0.05, 0) is 45.0 Å². The third-order valence-electron chi connectivity index (χ3n) is 3.45. The predicted octanol–water partition coefficient (Wildman–Crippen LogP) is 2.11. The van der Waals surface area contributed by atoms with Crippen LogP contribution in [0.15, 0.2) is 24.3 Å². The molecule has 1 aliphatic heterocycles. The van der Waals surface area contributed by atoms with Crippen LogP contribution < -0.4 is 9.47 Å². The molecule has 0 unspecified atom stereocenters. The highest BCUT2D eigenvalue weighted by Gasteiger charge is 2.10. The van der Waals surface area contributed by atoms with E-state index >= 15 is 0 Å². The molecule has 7 heteroatoms. The van der Waals surface area contributed by atoms with Gasteiger partial charge < -0.3 is 19.7 Å². The molecule has 1 heterocycles. The Labute approximate surface area is 141 Å². The Morgan fingerprint density at radius 3 is 2.04 bits per heavy atom. The molecule has 2 rings (SSSR count). The average Bonchev–Trinajstić information content (AvgIpc) is 2.58. The molecule has 1 aliphatic rings. The Balaban J connectivity index is 0.000000413. The largest absolute Gasteiger partial charge is 0.490 e. The number of para-hydroxylation sites is 2. The fourth-order valence-electron chi connectivity index (χ4n) is 2.31. The lowest BCUT2D eigenvalue weighted by Gasteiger charge is -2.26. The zero-order valence-electron chi connectivity index (χ0n) is 13.9. The van der Waals surface area contributed by atoms with Crippen LogP contribution in [-0.4, -0.2) is 59.9 Å². The van der Waals surface area contributed by atoms with Gasteiger partial charge >= 0.3 is 11.9 Å². The minimum Gasteiger partial charge on any atom is -0.490 e. The summed E-state index contributed by atoms with van der Waals surface area (Å²) in [5.41, 5.74) is 0. The molecular formula is C17H25NO6. The molecule has 134 valence electrons. The maximum atomic E-state index is 9.10. The lowest BCUT2D eigenvalue weighted by atomic mass is 10.1. The number of carboxylic acid groups (broad SMARTS) is 2. The normalized spacial score (nSPS) is 14.2. The molecule has 0 bridgehead atoms. The Morgan fingerprint density at radius 1 is 1.00 bits per heavy atom. The quantitative estimate of drug-likeness (QED) is 0.766. The average molecular weight is 339 g/mol. The third kappa shape index (κ3) is 7.82. The molecule has 0 aliphatic carbocycles. The molecule has 1 aromatic rings. The van der Waals surface area contributed by atoms with Gasteiger partial charge in [-0.1, -0.05) is 18.6 Å². The van der Waals surface area contributed by atoms with Crippen LogP contribution >= 0.6 is 0 Å². The van der Waals surface area contributed by atoms with Gasteiger partial charge in [0, 0.05) is 6.54 Å². The summed E-state index contributed by atoms with van der Waals surface area (Å²) < 4.78 is 11.4. The Hall–Kier alpha value is -2.28. The minimum atomic E-state index is -1.82. The van der Waals surface area contributed by atoms with Crippen molar-refractivity contribution in [3.63, 3.8) is 0 Å². The van der Waals surface area contributed by atoms with E-state index in [-0.39, 0.29) is 0 Å². The standard InChI is InChI=1S/C15H23NO2.C2H2O4/c1-2-17-14-8-4-5-9-15(14)18-13-12-16-10-6-3-7-11-16;3-1(4)2(5)6/h4-5,8-9H,2-3,6-7,10-13H2,1H3;(H,3,4)(H,5,6). The van der Waals surface area contributed by atoms with Gasteiger partial charge in [0.2, 0.25) is 0 Å². The molecule has 1 saturated heterocycles. The van der Waals surface area contributed by atoms with Crippen LogP contribution in [-0.2, 0) is 9.59 Å². The first-order valence-corrected chi connectivity index (χ1v) is 8.07. The molecular weight excluding hydrogens is 314 g/mol. The molecule has 0 spiro atoms. The summed E-state index contributed by atoms with van der Waals surface area (Å²) in [6, 6.07) is 7.89. The van der Waals surface area contributed by atoms with Crippen LogP contribution in [0.1, 0.15) is 26.2 Å². The molecule has 24 heavy (non-hydrogen) atoms. The Morgan fingerprint density at radius 2 is 1.54 bits per heavy atom. The highest BCUT2D eigenvalue weighted by atomic mass is 16.5. The summed E-state index contributed by atoms with van der Waals surface area (Å²) in [6.45, 7) is 6.86. The van der Waals surface area contributed by atoms with E-state index in [2.05, 4.69) is 4.90 Å². The van der Waals surface area contributed by atoms with Crippen molar-refractivity contribution in [3.8, 4) is 11.5 Å². The molecule has 0 radical (unpaired) electrons. The van der Waals surface area contributed by atoms with E-state index in [1.54, 1.807) is 0 Å². The molecule has 0 atom stereocenters. The van der Waals surface area contributed by atoms with Gasteiger partial charge in [-0.15, -0.1) is 0 Å². The number of piperidine rings is 1. The van der Waals surface area contributed by atoms with Gasteiger partial charge in [0.1, 0.15) is 6.61 Å². The number of carbonyl (C=O) groups is 2. The topological polar surface area (TPSA) is 96.3 Å². The van der Waals surface area contributed by atoms with E-state index in [0.29, 0.717) is 6.61 Å². The summed E-state index contributed by atoms with van der Waals surface area (Å²) in [6.07, 6.45) is 4.04. The fraction of sp³-hybridized carbons (Fsp3) is 0.529. The second kappa shape index (κ2) is 11.3. The van der Waals surface area contributed by atoms with Crippen molar-refractivity contribution in [2.75, 3.05) is 32.8 Å². The van der Waals surface area contributed by atoms with Crippen LogP contribution in [0.25, 0.3) is 0 Å². The molecule has 0 saturated carbocycles. The highest BCUT2D eigenvalue weighted by molar-refractivity contribution is 6.27. The first-order valence-electron chi connectivity index (χ1n) is 8.07. The molecule has 1 aromatic carbocycles. The maximum Gasteiger partial charge on any atom is 0.414 e. The van der Waals surface area contributed by atoms with Gasteiger partial charge in [0.15, 0.2) is 11.5 Å². The highest BCUT2D eigenvalue weighted by Crippen LogP contribution is 2.26. The summed E-state index contributed by atoms with van der Waals surface area (Å²) in [5.74, 6) is -1.94. The predicted molar refractivity (Wildman–Crippen MR) is 88.7 cm³/mol. The third-order valence-corrected chi connectivity index (χ3v) is 3.45. The van der Waals surface area contributed by atoms with Crippen molar-refractivity contribution < 1.29 is 29.3 Å². The smallest absolute Gasteiger partial charge is 0.414 e. The number of hydrogen-bond donors (Lipinski definition) is 2. The van der Waals surface area contributed by atoms with E-state index in [1.165, 1.54) is 32.4 Å². The molecule has 2 N–H and O–H groups in total. The zero-order chi connectivity index (χ0) is 17.8. The summed E-state index contributed by atoms with van der Waals surface area (Å²) in [7, 11) is 0. The van der Waals surface area contributed by atoms with Crippen LogP contribution in [0.4, 0.5) is 0 Å². The lowest BCUT2D eigenvalue weighted by molar-refractivity contribution is -0.159. The van der Waals surface area contributed by atoms with Crippen LogP contribution in [0.3, 0.4) is 0 Å². The van der Waals surface area contributed by atoms with E-state index in [0.717, 1.165) is 24.7 Å². The first kappa shape index (κ1) is 19.8. The number of carboxylic acids is 2. The maximum absolute atomic E-state index is 9.10. The summed E-state index contributed by atoms with van der Waals surface area (Å²) >= 11 is 0. The van der Waals surface area contributed by atoms with E-state index in [9.17, 15) is 0 Å². The van der Waals surface area contributed by atoms with Crippen molar-refractivity contribution in [1.29, 1.82) is 0 Å². The van der Waals surface area contributed by atoms with Crippen molar-refractivity contribution in [1.82, 2.24) is 4.90 Å². The van der Waals surface area contributed by atoms with Crippen LogP contribution in [0.2, 0.25) is 0 Å². The molecule has 7 nitrogen and oxygen atoms in total. The number of aliphatic carboxylic acids is 2. The number of benzene rings is 1. The number of nitrogens with zero attached hydrogens (tertiary/aromatic N) is 1. The van der Waals surface area contributed by atoms with Gasteiger partial charge in [0.25, 0.3) is 0 Å². The van der Waals surface area contributed by atoms with Gasteiger partial charge in [-0.2, -0.15) is 0 Å². The second-order valence-electron chi connectivity index (χ2n) is 5.24. The van der Waals surface area contributed by atoms with Crippen molar-refractivity contribution in [2.45, 2.75) is 26.2 Å². The molecule has 0 amide bonds. The van der Waals surface area contributed by atoms with E-state index < -0.39 is 11.9 Å². The molecule has 0 aromatic heterocycles.